The van der Waals surface area contributed by atoms with Crippen LogP contribution in [-0.2, 0) is 24.8 Å². The van der Waals surface area contributed by atoms with Crippen molar-refractivity contribution in [2.45, 2.75) is 45.6 Å². The van der Waals surface area contributed by atoms with Crippen LogP contribution in [0.2, 0.25) is 0 Å². The molecule has 1 aliphatic heterocycles. The lowest BCUT2D eigenvalue weighted by atomic mass is 9.83. The summed E-state index contributed by atoms with van der Waals surface area (Å²) in [4.78, 5) is 9.82. The van der Waals surface area contributed by atoms with Crippen LogP contribution in [0.25, 0.3) is 0 Å². The fourth-order valence-electron chi connectivity index (χ4n) is 2.97. The number of nitrogens with one attached hydrogen (secondary N) is 1. The Hall–Kier alpha value is -1.74. The van der Waals surface area contributed by atoms with Gasteiger partial charge in [-0.25, -0.2) is 9.97 Å². The summed E-state index contributed by atoms with van der Waals surface area (Å²) in [6.45, 7) is 8.52. The Morgan fingerprint density at radius 3 is 2.62 bits per heavy atom. The first-order chi connectivity index (χ1) is 10.1. The maximum Gasteiger partial charge on any atom is 0.138 e. The molecule has 0 spiro atoms. The highest BCUT2D eigenvalue weighted by atomic mass is 15.0. The molecule has 3 nitrogen and oxygen atoms in total. The number of hydrogen-bond acceptors (Lipinski definition) is 3. The smallest absolute Gasteiger partial charge is 0.138 e. The molecule has 0 atom stereocenters. The number of nitrogens with zero attached hydrogens (tertiary/aromatic N) is 2. The number of aryl methyl sites for hydroxylation is 1. The van der Waals surface area contributed by atoms with Gasteiger partial charge in [0.05, 0.1) is 5.69 Å². The van der Waals surface area contributed by atoms with E-state index in [9.17, 15) is 0 Å². The lowest BCUT2D eigenvalue weighted by Gasteiger charge is -2.27. The average Bonchev–Trinajstić information content (AvgIpc) is 2.54. The Bertz CT molecular complexity index is 615. The second-order valence-electron chi connectivity index (χ2n) is 6.19. The molecule has 0 fully saturated rings. The zero-order valence-electron chi connectivity index (χ0n) is 13.1. The van der Waals surface area contributed by atoms with Crippen molar-refractivity contribution in [2.75, 3.05) is 6.54 Å². The van der Waals surface area contributed by atoms with Crippen molar-refractivity contribution in [3.8, 4) is 0 Å². The molecule has 0 bridgehead atoms. The summed E-state index contributed by atoms with van der Waals surface area (Å²) < 4.78 is 0. The molecule has 0 radical (unpaired) electrons. The van der Waals surface area contributed by atoms with Gasteiger partial charge in [0.2, 0.25) is 0 Å². The van der Waals surface area contributed by atoms with Crippen LogP contribution in [0.3, 0.4) is 0 Å². The third-order valence-corrected chi connectivity index (χ3v) is 4.41. The highest BCUT2D eigenvalue weighted by Gasteiger charge is 2.28. The normalized spacial score (nSPS) is 14.8. The Kier molecular flexibility index (Phi) is 3.77. The van der Waals surface area contributed by atoms with Gasteiger partial charge in [-0.3, -0.25) is 0 Å². The monoisotopic (exact) mass is 281 g/mol. The van der Waals surface area contributed by atoms with Gasteiger partial charge in [0, 0.05) is 36.2 Å². The molecule has 3 rings (SSSR count). The number of benzene rings is 1. The van der Waals surface area contributed by atoms with Gasteiger partial charge < -0.3 is 5.32 Å². The molecular formula is C18H23N3. The van der Waals surface area contributed by atoms with Gasteiger partial charge in [-0.05, 0) is 25.8 Å². The van der Waals surface area contributed by atoms with Crippen LogP contribution < -0.4 is 5.32 Å². The first-order valence-electron chi connectivity index (χ1n) is 7.78. The standard InChI is InChI=1S/C18H23N3/c1-4-15-14-12-19-11-10-16(14)21-17(20-15)18(2,3)13-8-6-5-7-9-13/h5-9,19H,4,10-12H2,1-3H3. The molecule has 2 heterocycles. The van der Waals surface area contributed by atoms with Gasteiger partial charge >= 0.3 is 0 Å². The minimum absolute atomic E-state index is 0.162. The van der Waals surface area contributed by atoms with E-state index in [1.54, 1.807) is 0 Å². The lowest BCUT2D eigenvalue weighted by molar-refractivity contribution is 0.554. The van der Waals surface area contributed by atoms with Crippen LogP contribution in [0, 0.1) is 0 Å². The van der Waals surface area contributed by atoms with Gasteiger partial charge in [0.1, 0.15) is 5.82 Å². The van der Waals surface area contributed by atoms with E-state index in [0.29, 0.717) is 0 Å². The molecule has 0 amide bonds. The molecule has 2 aromatic rings. The Labute approximate surface area is 126 Å². The number of aromatic nitrogens is 2. The maximum absolute atomic E-state index is 4.92. The van der Waals surface area contributed by atoms with E-state index < -0.39 is 0 Å². The van der Waals surface area contributed by atoms with Crippen molar-refractivity contribution in [2.24, 2.45) is 0 Å². The van der Waals surface area contributed by atoms with E-state index in [0.717, 1.165) is 31.8 Å². The van der Waals surface area contributed by atoms with Crippen molar-refractivity contribution in [1.29, 1.82) is 0 Å². The Morgan fingerprint density at radius 1 is 1.14 bits per heavy atom. The van der Waals surface area contributed by atoms with Crippen molar-refractivity contribution < 1.29 is 0 Å². The van der Waals surface area contributed by atoms with Crippen LogP contribution in [0.1, 0.15) is 49.1 Å². The highest BCUT2D eigenvalue weighted by Crippen LogP contribution is 2.30. The SMILES string of the molecule is CCc1nc(C(C)(C)c2ccccc2)nc2c1CNCC2. The fourth-order valence-corrected chi connectivity index (χ4v) is 2.97. The first-order valence-corrected chi connectivity index (χ1v) is 7.78. The van der Waals surface area contributed by atoms with E-state index in [4.69, 9.17) is 9.97 Å². The molecule has 21 heavy (non-hydrogen) atoms. The second kappa shape index (κ2) is 5.57. The van der Waals surface area contributed by atoms with Crippen LogP contribution in [-0.4, -0.2) is 16.5 Å². The quantitative estimate of drug-likeness (QED) is 0.940. The average molecular weight is 281 g/mol. The van der Waals surface area contributed by atoms with Crippen LogP contribution in [0.5, 0.6) is 0 Å². The van der Waals surface area contributed by atoms with Crippen molar-refractivity contribution in [3.05, 3.63) is 58.7 Å². The predicted octanol–water partition coefficient (Wildman–Crippen LogP) is 3.01. The number of fused-ring (bicyclic) bond motifs is 1. The summed E-state index contributed by atoms with van der Waals surface area (Å²) in [5, 5.41) is 3.43. The molecule has 0 aliphatic carbocycles. The maximum atomic E-state index is 4.92. The van der Waals surface area contributed by atoms with Crippen molar-refractivity contribution >= 4 is 0 Å². The minimum atomic E-state index is -0.162. The van der Waals surface area contributed by atoms with Crippen LogP contribution in [0.4, 0.5) is 0 Å². The van der Waals surface area contributed by atoms with Gasteiger partial charge in [0.25, 0.3) is 0 Å². The lowest BCUT2D eigenvalue weighted by Crippen LogP contribution is -2.30. The molecule has 110 valence electrons. The predicted molar refractivity (Wildman–Crippen MR) is 85.4 cm³/mol. The van der Waals surface area contributed by atoms with Gasteiger partial charge in [0.15, 0.2) is 0 Å². The molecule has 3 heteroatoms. The Balaban J connectivity index is 2.10. The zero-order valence-corrected chi connectivity index (χ0v) is 13.1. The van der Waals surface area contributed by atoms with E-state index in [-0.39, 0.29) is 5.41 Å². The van der Waals surface area contributed by atoms with E-state index in [2.05, 4.69) is 56.4 Å². The molecule has 1 aromatic carbocycles. The minimum Gasteiger partial charge on any atom is -0.312 e. The highest BCUT2D eigenvalue weighted by molar-refractivity contribution is 5.35. The summed E-state index contributed by atoms with van der Waals surface area (Å²) >= 11 is 0. The van der Waals surface area contributed by atoms with E-state index >= 15 is 0 Å². The zero-order chi connectivity index (χ0) is 14.9. The summed E-state index contributed by atoms with van der Waals surface area (Å²) in [6, 6.07) is 10.5. The number of rotatable bonds is 3. The molecular weight excluding hydrogens is 258 g/mol. The molecule has 0 saturated heterocycles. The molecule has 1 aromatic heterocycles. The molecule has 1 aliphatic rings. The third-order valence-electron chi connectivity index (χ3n) is 4.41. The number of hydrogen-bond donors (Lipinski definition) is 1. The summed E-state index contributed by atoms with van der Waals surface area (Å²) in [5.41, 5.74) is 4.86. The third kappa shape index (κ3) is 2.58. The molecule has 1 N–H and O–H groups in total. The van der Waals surface area contributed by atoms with Crippen LogP contribution >= 0.6 is 0 Å². The van der Waals surface area contributed by atoms with Gasteiger partial charge in [-0.2, -0.15) is 0 Å². The second-order valence-corrected chi connectivity index (χ2v) is 6.19. The summed E-state index contributed by atoms with van der Waals surface area (Å²) in [6.07, 6.45) is 1.97. The first kappa shape index (κ1) is 14.2. The Morgan fingerprint density at radius 2 is 1.90 bits per heavy atom. The largest absolute Gasteiger partial charge is 0.312 e. The van der Waals surface area contributed by atoms with E-state index in [1.165, 1.54) is 22.5 Å². The summed E-state index contributed by atoms with van der Waals surface area (Å²) in [5.74, 6) is 0.950. The van der Waals surface area contributed by atoms with Gasteiger partial charge in [-0.15, -0.1) is 0 Å². The molecule has 0 unspecified atom stereocenters. The summed E-state index contributed by atoms with van der Waals surface area (Å²) in [7, 11) is 0. The topological polar surface area (TPSA) is 37.8 Å². The van der Waals surface area contributed by atoms with Crippen LogP contribution in [0.15, 0.2) is 30.3 Å². The fraction of sp³-hybridized carbons (Fsp3) is 0.444. The van der Waals surface area contributed by atoms with Crippen molar-refractivity contribution in [3.63, 3.8) is 0 Å². The van der Waals surface area contributed by atoms with Crippen molar-refractivity contribution in [1.82, 2.24) is 15.3 Å². The van der Waals surface area contributed by atoms with Gasteiger partial charge in [-0.1, -0.05) is 37.3 Å². The van der Waals surface area contributed by atoms with E-state index in [1.807, 2.05) is 0 Å². The molecule has 0 saturated carbocycles.